The molecule has 2 aromatic rings. The van der Waals surface area contributed by atoms with Crippen LogP contribution in [-0.4, -0.2) is 30.8 Å². The van der Waals surface area contributed by atoms with Crippen LogP contribution in [0.5, 0.6) is 11.5 Å². The van der Waals surface area contributed by atoms with Gasteiger partial charge in [-0.2, -0.15) is 0 Å². The highest BCUT2D eigenvalue weighted by Crippen LogP contribution is 2.32. The van der Waals surface area contributed by atoms with Crippen molar-refractivity contribution in [1.82, 2.24) is 10.2 Å². The van der Waals surface area contributed by atoms with Crippen LogP contribution in [0.4, 0.5) is 4.79 Å². The van der Waals surface area contributed by atoms with Gasteiger partial charge in [-0.3, -0.25) is 0 Å². The topological polar surface area (TPSA) is 50.8 Å². The number of hydrogen-bond donors (Lipinski definition) is 1. The highest BCUT2D eigenvalue weighted by atomic mass is 16.7. The lowest BCUT2D eigenvalue weighted by Crippen LogP contribution is -2.44. The van der Waals surface area contributed by atoms with Crippen molar-refractivity contribution in [2.75, 3.05) is 19.9 Å². The minimum absolute atomic E-state index is 0.0610. The molecular formula is C21H26N2O3. The van der Waals surface area contributed by atoms with Crippen molar-refractivity contribution < 1.29 is 14.3 Å². The first-order valence-electron chi connectivity index (χ1n) is 8.96. The number of amides is 2. The van der Waals surface area contributed by atoms with Gasteiger partial charge in [-0.15, -0.1) is 0 Å². The Labute approximate surface area is 154 Å². The molecule has 1 aliphatic rings. The van der Waals surface area contributed by atoms with E-state index in [-0.39, 0.29) is 18.2 Å². The summed E-state index contributed by atoms with van der Waals surface area (Å²) in [4.78, 5) is 14.4. The molecule has 0 saturated carbocycles. The minimum Gasteiger partial charge on any atom is -0.454 e. The average Bonchev–Trinajstić information content (AvgIpc) is 3.12. The number of hydrogen-bond acceptors (Lipinski definition) is 3. The molecule has 138 valence electrons. The summed E-state index contributed by atoms with van der Waals surface area (Å²) in [5.74, 6) is 1.50. The first-order valence-corrected chi connectivity index (χ1v) is 8.96. The molecule has 5 heteroatoms. The highest BCUT2D eigenvalue weighted by Gasteiger charge is 2.23. The number of fused-ring (bicyclic) bond motifs is 1. The zero-order valence-corrected chi connectivity index (χ0v) is 15.6. The van der Waals surface area contributed by atoms with Crippen LogP contribution in [-0.2, 0) is 12.0 Å². The summed E-state index contributed by atoms with van der Waals surface area (Å²) in [6.45, 7) is 8.25. The number of nitrogens with one attached hydrogen (secondary N) is 1. The molecule has 2 amide bonds. The van der Waals surface area contributed by atoms with Gasteiger partial charge in [-0.1, -0.05) is 50.2 Å². The normalized spacial score (nSPS) is 12.7. The molecule has 0 aromatic heterocycles. The third-order valence-electron chi connectivity index (χ3n) is 4.72. The SMILES string of the molecule is CCN(Cc1ccc2c(c1)OCO2)C(=O)NCC(C)(C)c1ccccc1. The zero-order chi connectivity index (χ0) is 18.6. The number of carbonyl (C=O) groups is 1. The average molecular weight is 354 g/mol. The molecule has 1 aliphatic heterocycles. The summed E-state index contributed by atoms with van der Waals surface area (Å²) in [5, 5.41) is 3.08. The van der Waals surface area contributed by atoms with Gasteiger partial charge < -0.3 is 19.7 Å². The molecule has 26 heavy (non-hydrogen) atoms. The summed E-state index contributed by atoms with van der Waals surface area (Å²) in [6.07, 6.45) is 0. The molecular weight excluding hydrogens is 328 g/mol. The Bertz CT molecular complexity index is 759. The van der Waals surface area contributed by atoms with E-state index in [9.17, 15) is 4.79 Å². The quantitative estimate of drug-likeness (QED) is 0.855. The fourth-order valence-corrected chi connectivity index (χ4v) is 2.99. The summed E-state index contributed by atoms with van der Waals surface area (Å²) < 4.78 is 10.7. The second-order valence-electron chi connectivity index (χ2n) is 7.11. The molecule has 5 nitrogen and oxygen atoms in total. The van der Waals surface area contributed by atoms with Crippen LogP contribution in [0.3, 0.4) is 0 Å². The van der Waals surface area contributed by atoms with E-state index in [0.717, 1.165) is 17.1 Å². The number of rotatable bonds is 6. The van der Waals surface area contributed by atoms with E-state index < -0.39 is 0 Å². The maximum absolute atomic E-state index is 12.6. The van der Waals surface area contributed by atoms with E-state index >= 15 is 0 Å². The highest BCUT2D eigenvalue weighted by molar-refractivity contribution is 5.74. The lowest BCUT2D eigenvalue weighted by Gasteiger charge is -2.28. The van der Waals surface area contributed by atoms with E-state index in [1.54, 1.807) is 4.90 Å². The van der Waals surface area contributed by atoms with Crippen molar-refractivity contribution in [3.05, 3.63) is 59.7 Å². The third kappa shape index (κ3) is 4.10. The van der Waals surface area contributed by atoms with Crippen LogP contribution in [0.2, 0.25) is 0 Å². The van der Waals surface area contributed by atoms with Gasteiger partial charge in [-0.25, -0.2) is 4.79 Å². The number of urea groups is 1. The molecule has 0 atom stereocenters. The lowest BCUT2D eigenvalue weighted by atomic mass is 9.85. The second-order valence-corrected chi connectivity index (χ2v) is 7.11. The summed E-state index contributed by atoms with van der Waals surface area (Å²) in [5.41, 5.74) is 2.10. The Kier molecular flexibility index (Phi) is 5.35. The van der Waals surface area contributed by atoms with Crippen molar-refractivity contribution in [2.45, 2.75) is 32.7 Å². The fourth-order valence-electron chi connectivity index (χ4n) is 2.99. The first-order chi connectivity index (χ1) is 12.5. The Morgan fingerprint density at radius 2 is 1.85 bits per heavy atom. The Hall–Kier alpha value is -2.69. The van der Waals surface area contributed by atoms with Crippen molar-refractivity contribution in [2.24, 2.45) is 0 Å². The Morgan fingerprint density at radius 1 is 1.12 bits per heavy atom. The number of ether oxygens (including phenoxy) is 2. The largest absolute Gasteiger partial charge is 0.454 e. The van der Waals surface area contributed by atoms with Gasteiger partial charge in [0.05, 0.1) is 0 Å². The van der Waals surface area contributed by atoms with Gasteiger partial charge in [0.1, 0.15) is 0 Å². The molecule has 2 aromatic carbocycles. The molecule has 1 heterocycles. The summed E-state index contributed by atoms with van der Waals surface area (Å²) in [6, 6.07) is 16.0. The van der Waals surface area contributed by atoms with Crippen LogP contribution >= 0.6 is 0 Å². The van der Waals surface area contributed by atoms with Crippen molar-refractivity contribution in [3.63, 3.8) is 0 Å². The number of carbonyl (C=O) groups excluding carboxylic acids is 1. The maximum Gasteiger partial charge on any atom is 0.317 e. The summed E-state index contributed by atoms with van der Waals surface area (Å²) in [7, 11) is 0. The van der Waals surface area contributed by atoms with Gasteiger partial charge in [-0.05, 0) is 30.2 Å². The second kappa shape index (κ2) is 7.68. The predicted octanol–water partition coefficient (Wildman–Crippen LogP) is 3.92. The zero-order valence-electron chi connectivity index (χ0n) is 15.6. The van der Waals surface area contributed by atoms with Crippen LogP contribution < -0.4 is 14.8 Å². The van der Waals surface area contributed by atoms with E-state index in [0.29, 0.717) is 19.6 Å². The van der Waals surface area contributed by atoms with Crippen LogP contribution in [0.25, 0.3) is 0 Å². The Balaban J connectivity index is 1.60. The van der Waals surface area contributed by atoms with Gasteiger partial charge in [0.2, 0.25) is 6.79 Å². The molecule has 0 spiro atoms. The van der Waals surface area contributed by atoms with E-state index in [1.165, 1.54) is 5.56 Å². The minimum atomic E-state index is -0.130. The summed E-state index contributed by atoms with van der Waals surface area (Å²) >= 11 is 0. The molecule has 0 radical (unpaired) electrons. The van der Waals surface area contributed by atoms with Gasteiger partial charge in [0.25, 0.3) is 0 Å². The monoisotopic (exact) mass is 354 g/mol. The molecule has 3 rings (SSSR count). The predicted molar refractivity (Wildman–Crippen MR) is 102 cm³/mol. The van der Waals surface area contributed by atoms with Crippen molar-refractivity contribution >= 4 is 6.03 Å². The fraction of sp³-hybridized carbons (Fsp3) is 0.381. The molecule has 0 saturated heterocycles. The van der Waals surface area contributed by atoms with E-state index in [4.69, 9.17) is 9.47 Å². The van der Waals surface area contributed by atoms with Gasteiger partial charge in [0.15, 0.2) is 11.5 Å². The van der Waals surface area contributed by atoms with E-state index in [1.807, 2.05) is 43.3 Å². The molecule has 1 N–H and O–H groups in total. The third-order valence-corrected chi connectivity index (χ3v) is 4.72. The number of benzene rings is 2. The Morgan fingerprint density at radius 3 is 2.58 bits per heavy atom. The lowest BCUT2D eigenvalue weighted by molar-refractivity contribution is 0.173. The molecule has 0 fully saturated rings. The smallest absolute Gasteiger partial charge is 0.317 e. The van der Waals surface area contributed by atoms with Crippen LogP contribution in [0.1, 0.15) is 31.9 Å². The molecule has 0 unspecified atom stereocenters. The number of nitrogens with zero attached hydrogens (tertiary/aromatic N) is 1. The standard InChI is InChI=1S/C21H26N2O3/c1-4-23(13-16-10-11-18-19(12-16)26-15-25-18)20(24)22-14-21(2,3)17-8-6-5-7-9-17/h5-12H,4,13-15H2,1-3H3,(H,22,24). The van der Waals surface area contributed by atoms with Crippen LogP contribution in [0, 0.1) is 0 Å². The van der Waals surface area contributed by atoms with Crippen LogP contribution in [0.15, 0.2) is 48.5 Å². The van der Waals surface area contributed by atoms with Gasteiger partial charge >= 0.3 is 6.03 Å². The maximum atomic E-state index is 12.6. The molecule has 0 aliphatic carbocycles. The van der Waals surface area contributed by atoms with Gasteiger partial charge in [0, 0.05) is 25.0 Å². The first kappa shape index (κ1) is 18.1. The van der Waals surface area contributed by atoms with Crippen molar-refractivity contribution in [1.29, 1.82) is 0 Å². The van der Waals surface area contributed by atoms with Crippen molar-refractivity contribution in [3.8, 4) is 11.5 Å². The molecule has 0 bridgehead atoms. The van der Waals surface area contributed by atoms with E-state index in [2.05, 4.69) is 31.3 Å².